The SMILES string of the molecule is C=C1[C@H]2C[C@H](OC(C)=O)[C@H]3[C@]4(C)[C@@H](OC(C)=O)C[C@H](O)C(C)(C)[C@H]4[C@@H](OC(C)=O)[C@H](OC(C)=O)[C@@]3(C2)[C@@H]1OC(C)=O. The highest BCUT2D eigenvalue weighted by atomic mass is 16.6. The average Bonchev–Trinajstić information content (AvgIpc) is 3.00. The maximum Gasteiger partial charge on any atom is 0.303 e. The quantitative estimate of drug-likeness (QED) is 0.291. The van der Waals surface area contributed by atoms with Crippen LogP contribution in [0.1, 0.15) is 74.7 Å². The van der Waals surface area contributed by atoms with E-state index >= 15 is 0 Å². The Morgan fingerprint density at radius 2 is 1.29 bits per heavy atom. The normalized spacial score (nSPS) is 42.2. The molecule has 0 aromatic heterocycles. The first-order valence-electron chi connectivity index (χ1n) is 14.1. The van der Waals surface area contributed by atoms with E-state index in [2.05, 4.69) is 6.58 Å². The number of carbonyl (C=O) groups excluding carboxylic acids is 5. The molecule has 41 heavy (non-hydrogen) atoms. The molecule has 1 N–H and O–H groups in total. The fourth-order valence-electron chi connectivity index (χ4n) is 9.29. The van der Waals surface area contributed by atoms with Crippen molar-refractivity contribution in [3.63, 3.8) is 0 Å². The van der Waals surface area contributed by atoms with Crippen molar-refractivity contribution >= 4 is 29.8 Å². The van der Waals surface area contributed by atoms with E-state index in [1.165, 1.54) is 34.6 Å². The van der Waals surface area contributed by atoms with Crippen molar-refractivity contribution in [2.24, 2.45) is 34.0 Å². The molecule has 0 amide bonds. The van der Waals surface area contributed by atoms with E-state index in [4.69, 9.17) is 23.7 Å². The zero-order chi connectivity index (χ0) is 30.8. The Morgan fingerprint density at radius 1 is 0.756 bits per heavy atom. The van der Waals surface area contributed by atoms with Gasteiger partial charge in [-0.2, -0.15) is 0 Å². The van der Waals surface area contributed by atoms with Gasteiger partial charge in [-0.15, -0.1) is 0 Å². The molecule has 11 atom stereocenters. The van der Waals surface area contributed by atoms with Gasteiger partial charge in [0.15, 0.2) is 0 Å². The van der Waals surface area contributed by atoms with Crippen LogP contribution in [0.15, 0.2) is 12.2 Å². The number of rotatable bonds is 5. The zero-order valence-corrected chi connectivity index (χ0v) is 25.1. The van der Waals surface area contributed by atoms with Gasteiger partial charge in [0.25, 0.3) is 0 Å². The van der Waals surface area contributed by atoms with Gasteiger partial charge in [0, 0.05) is 58.3 Å². The lowest BCUT2D eigenvalue weighted by Crippen LogP contribution is -2.77. The van der Waals surface area contributed by atoms with E-state index in [1.807, 2.05) is 20.8 Å². The lowest BCUT2D eigenvalue weighted by molar-refractivity contribution is -0.325. The standard InChI is InChI=1S/C30H42O11/c1-13-19-10-20(37-14(2)31)24-29(9)22(38-15(3)32)11-21(36)28(7,8)25(29)23(39-16(4)33)27(41-18(6)35)30(24,12-19)26(13)40-17(5)34/h19-27,36H,1,10-12H2,2-9H3/t19-,20-,21-,22-,23+,24-,25+,26+,27-,29-,30+/m0/s1. The Bertz CT molecular complexity index is 1160. The summed E-state index contributed by atoms with van der Waals surface area (Å²) in [6.07, 6.45) is -5.23. The molecule has 2 bridgehead atoms. The van der Waals surface area contributed by atoms with E-state index in [-0.39, 0.29) is 12.3 Å². The molecule has 0 heterocycles. The summed E-state index contributed by atoms with van der Waals surface area (Å²) in [5, 5.41) is 11.4. The number of carbonyl (C=O) groups is 5. The molecule has 11 heteroatoms. The third-order valence-corrected chi connectivity index (χ3v) is 10.2. The molecule has 0 aromatic rings. The number of fused-ring (bicyclic) bond motifs is 3. The molecule has 0 aromatic carbocycles. The largest absolute Gasteiger partial charge is 0.462 e. The number of hydrogen-bond acceptors (Lipinski definition) is 11. The number of aliphatic hydroxyl groups is 1. The van der Waals surface area contributed by atoms with Crippen LogP contribution in [0.3, 0.4) is 0 Å². The third-order valence-electron chi connectivity index (χ3n) is 10.2. The Morgan fingerprint density at radius 3 is 1.80 bits per heavy atom. The van der Waals surface area contributed by atoms with Gasteiger partial charge in [0.1, 0.15) is 30.5 Å². The average molecular weight is 579 g/mol. The molecule has 0 unspecified atom stereocenters. The molecular weight excluding hydrogens is 536 g/mol. The minimum atomic E-state index is -1.26. The Hall–Kier alpha value is -2.95. The fraction of sp³-hybridized carbons (Fsp3) is 0.767. The molecule has 0 radical (unpaired) electrons. The summed E-state index contributed by atoms with van der Waals surface area (Å²) in [4.78, 5) is 63.0. The van der Waals surface area contributed by atoms with Gasteiger partial charge in [0.2, 0.25) is 0 Å². The van der Waals surface area contributed by atoms with E-state index in [0.29, 0.717) is 18.4 Å². The number of ether oxygens (including phenoxy) is 5. The second-order valence-electron chi connectivity index (χ2n) is 13.1. The molecule has 4 aliphatic carbocycles. The van der Waals surface area contributed by atoms with Crippen molar-refractivity contribution in [3.05, 3.63) is 12.2 Å². The highest BCUT2D eigenvalue weighted by Crippen LogP contribution is 2.74. The van der Waals surface area contributed by atoms with Gasteiger partial charge in [-0.05, 0) is 29.7 Å². The minimum Gasteiger partial charge on any atom is -0.462 e. The first kappa shape index (κ1) is 31.0. The summed E-state index contributed by atoms with van der Waals surface area (Å²) in [5.41, 5.74) is -2.77. The van der Waals surface area contributed by atoms with Gasteiger partial charge in [-0.3, -0.25) is 24.0 Å². The van der Waals surface area contributed by atoms with Crippen LogP contribution in [0.25, 0.3) is 0 Å². The fourth-order valence-corrected chi connectivity index (χ4v) is 9.29. The Balaban J connectivity index is 2.13. The number of hydrogen-bond donors (Lipinski definition) is 1. The van der Waals surface area contributed by atoms with Crippen LogP contribution in [0.4, 0.5) is 0 Å². The van der Waals surface area contributed by atoms with Crippen LogP contribution in [0.5, 0.6) is 0 Å². The predicted molar refractivity (Wildman–Crippen MR) is 142 cm³/mol. The second kappa shape index (κ2) is 10.4. The van der Waals surface area contributed by atoms with Crippen molar-refractivity contribution in [3.8, 4) is 0 Å². The summed E-state index contributed by atoms with van der Waals surface area (Å²) in [7, 11) is 0. The van der Waals surface area contributed by atoms with E-state index in [9.17, 15) is 29.1 Å². The van der Waals surface area contributed by atoms with Crippen LogP contribution in [0.2, 0.25) is 0 Å². The molecule has 0 saturated heterocycles. The lowest BCUT2D eigenvalue weighted by Gasteiger charge is -2.70. The zero-order valence-electron chi connectivity index (χ0n) is 25.1. The van der Waals surface area contributed by atoms with Crippen LogP contribution in [0, 0.1) is 34.0 Å². The highest BCUT2D eigenvalue weighted by molar-refractivity contribution is 5.69. The van der Waals surface area contributed by atoms with Crippen LogP contribution in [-0.4, -0.2) is 71.6 Å². The predicted octanol–water partition coefficient (Wildman–Crippen LogP) is 2.65. The van der Waals surface area contributed by atoms with Crippen molar-refractivity contribution in [2.75, 3.05) is 0 Å². The summed E-state index contributed by atoms with van der Waals surface area (Å²) in [6, 6.07) is 0. The molecular formula is C30H42O11. The van der Waals surface area contributed by atoms with Crippen molar-refractivity contribution in [1.29, 1.82) is 0 Å². The molecule has 228 valence electrons. The molecule has 4 aliphatic rings. The smallest absolute Gasteiger partial charge is 0.303 e. The van der Waals surface area contributed by atoms with Crippen molar-refractivity contribution in [2.45, 2.75) is 111 Å². The maximum absolute atomic E-state index is 12.7. The van der Waals surface area contributed by atoms with Gasteiger partial charge < -0.3 is 28.8 Å². The number of aliphatic hydroxyl groups excluding tert-OH is 1. The topological polar surface area (TPSA) is 152 Å². The van der Waals surface area contributed by atoms with Gasteiger partial charge in [0.05, 0.1) is 11.5 Å². The third kappa shape index (κ3) is 4.73. The van der Waals surface area contributed by atoms with Crippen LogP contribution in [-0.2, 0) is 47.7 Å². The molecule has 0 aliphatic heterocycles. The minimum absolute atomic E-state index is 0.0621. The highest BCUT2D eigenvalue weighted by Gasteiger charge is 2.80. The summed E-state index contributed by atoms with van der Waals surface area (Å²) >= 11 is 0. The maximum atomic E-state index is 12.7. The van der Waals surface area contributed by atoms with Crippen molar-refractivity contribution in [1.82, 2.24) is 0 Å². The van der Waals surface area contributed by atoms with Gasteiger partial charge in [-0.25, -0.2) is 0 Å². The van der Waals surface area contributed by atoms with Crippen LogP contribution < -0.4 is 0 Å². The Labute approximate surface area is 240 Å². The summed E-state index contributed by atoms with van der Waals surface area (Å²) in [5.74, 6) is -4.75. The summed E-state index contributed by atoms with van der Waals surface area (Å²) in [6.45, 7) is 16.1. The van der Waals surface area contributed by atoms with E-state index in [0.717, 1.165) is 0 Å². The molecule has 4 saturated carbocycles. The Kier molecular flexibility index (Phi) is 7.86. The van der Waals surface area contributed by atoms with Crippen molar-refractivity contribution < 1.29 is 52.8 Å². The summed E-state index contributed by atoms with van der Waals surface area (Å²) < 4.78 is 30.0. The monoisotopic (exact) mass is 578 g/mol. The number of esters is 5. The molecule has 4 fully saturated rings. The van der Waals surface area contributed by atoms with Crippen LogP contribution >= 0.6 is 0 Å². The van der Waals surface area contributed by atoms with E-state index < -0.39 is 94.6 Å². The van der Waals surface area contributed by atoms with E-state index in [1.54, 1.807) is 0 Å². The lowest BCUT2D eigenvalue weighted by atomic mass is 9.37. The second-order valence-corrected chi connectivity index (χ2v) is 13.1. The molecule has 4 rings (SSSR count). The first-order valence-corrected chi connectivity index (χ1v) is 14.1. The molecule has 11 nitrogen and oxygen atoms in total. The van der Waals surface area contributed by atoms with Gasteiger partial charge >= 0.3 is 29.8 Å². The molecule has 1 spiro atoms. The van der Waals surface area contributed by atoms with Gasteiger partial charge in [-0.1, -0.05) is 27.4 Å². The first-order chi connectivity index (χ1) is 18.9.